The predicted octanol–water partition coefficient (Wildman–Crippen LogP) is 2.34. The summed E-state index contributed by atoms with van der Waals surface area (Å²) in [4.78, 5) is 0. The first-order valence-electron chi connectivity index (χ1n) is 5.34. The summed E-state index contributed by atoms with van der Waals surface area (Å²) in [5.41, 5.74) is 0.962. The molecule has 0 aliphatic carbocycles. The lowest BCUT2D eigenvalue weighted by atomic mass is 10.0. The average molecular weight is 296 g/mol. The van der Waals surface area contributed by atoms with E-state index < -0.39 is 5.60 Å². The number of benzene rings is 1. The van der Waals surface area contributed by atoms with Crippen LogP contribution in [0.3, 0.4) is 0 Å². The number of nitrogens with zero attached hydrogens (tertiary/aromatic N) is 3. The summed E-state index contributed by atoms with van der Waals surface area (Å²) in [6.45, 7) is 3.51. The van der Waals surface area contributed by atoms with Crippen LogP contribution in [-0.4, -0.2) is 25.7 Å². The largest absolute Gasteiger partial charge is 0.390 e. The molecule has 0 aliphatic rings. The summed E-state index contributed by atoms with van der Waals surface area (Å²) < 4.78 is 2.73. The normalized spacial score (nSPS) is 11.8. The lowest BCUT2D eigenvalue weighted by Gasteiger charge is -2.13. The van der Waals surface area contributed by atoms with E-state index in [0.717, 1.165) is 15.9 Å². The van der Waals surface area contributed by atoms with E-state index in [4.69, 9.17) is 0 Å². The van der Waals surface area contributed by atoms with Gasteiger partial charge >= 0.3 is 0 Å². The van der Waals surface area contributed by atoms with E-state index in [2.05, 4.69) is 26.2 Å². The lowest BCUT2D eigenvalue weighted by molar-refractivity contribution is 0.0799. The molecule has 1 heterocycles. The summed E-state index contributed by atoms with van der Waals surface area (Å²) in [6, 6.07) is 7.80. The Kier molecular flexibility index (Phi) is 3.31. The van der Waals surface area contributed by atoms with Crippen LogP contribution >= 0.6 is 15.9 Å². The van der Waals surface area contributed by atoms with Gasteiger partial charge < -0.3 is 5.11 Å². The van der Waals surface area contributed by atoms with E-state index in [1.54, 1.807) is 18.5 Å². The molecule has 1 N–H and O–H groups in total. The third-order valence-electron chi connectivity index (χ3n) is 2.25. The molecule has 0 spiro atoms. The van der Waals surface area contributed by atoms with Crippen molar-refractivity contribution < 1.29 is 5.11 Å². The van der Waals surface area contributed by atoms with Crippen LogP contribution in [0.5, 0.6) is 0 Å². The average Bonchev–Trinajstić information content (AvgIpc) is 2.64. The van der Waals surface area contributed by atoms with Gasteiger partial charge in [0, 0.05) is 10.9 Å². The fourth-order valence-corrected chi connectivity index (χ4v) is 1.81. The molecule has 4 nitrogen and oxygen atoms in total. The van der Waals surface area contributed by atoms with Crippen molar-refractivity contribution in [2.45, 2.75) is 25.9 Å². The Morgan fingerprint density at radius 2 is 1.94 bits per heavy atom. The second-order valence-electron chi connectivity index (χ2n) is 4.62. The molecule has 17 heavy (non-hydrogen) atoms. The van der Waals surface area contributed by atoms with Crippen molar-refractivity contribution in [2.75, 3.05) is 0 Å². The van der Waals surface area contributed by atoms with Gasteiger partial charge in [-0.15, -0.1) is 5.10 Å². The standard InChI is InChI=1S/C12H14BrN3O/c1-12(2,17)7-10-8-16(15-14-10)11-5-3-9(13)4-6-11/h3-6,8,17H,7H2,1-2H3. The Hall–Kier alpha value is -1.20. The summed E-state index contributed by atoms with van der Waals surface area (Å²) >= 11 is 3.38. The zero-order valence-corrected chi connectivity index (χ0v) is 11.3. The molecule has 90 valence electrons. The molecular weight excluding hydrogens is 282 g/mol. The minimum absolute atomic E-state index is 0.490. The van der Waals surface area contributed by atoms with Gasteiger partial charge in [0.15, 0.2) is 0 Å². The van der Waals surface area contributed by atoms with Crippen LogP contribution in [-0.2, 0) is 6.42 Å². The summed E-state index contributed by atoms with van der Waals surface area (Å²) in [5, 5.41) is 17.8. The van der Waals surface area contributed by atoms with E-state index in [9.17, 15) is 5.11 Å². The number of hydrogen-bond acceptors (Lipinski definition) is 3. The number of hydrogen-bond donors (Lipinski definition) is 1. The summed E-state index contributed by atoms with van der Waals surface area (Å²) in [5.74, 6) is 0. The van der Waals surface area contributed by atoms with E-state index in [0.29, 0.717) is 6.42 Å². The molecule has 0 radical (unpaired) electrons. The highest BCUT2D eigenvalue weighted by Crippen LogP contribution is 2.15. The second-order valence-corrected chi connectivity index (χ2v) is 5.54. The maximum Gasteiger partial charge on any atom is 0.0860 e. The smallest absolute Gasteiger partial charge is 0.0860 e. The van der Waals surface area contributed by atoms with Gasteiger partial charge in [0.1, 0.15) is 0 Å². The molecule has 5 heteroatoms. The SMILES string of the molecule is CC(C)(O)Cc1cn(-c2ccc(Br)cc2)nn1. The fourth-order valence-electron chi connectivity index (χ4n) is 1.54. The van der Waals surface area contributed by atoms with E-state index in [1.807, 2.05) is 30.5 Å². The van der Waals surface area contributed by atoms with Crippen molar-refractivity contribution in [1.29, 1.82) is 0 Å². The van der Waals surface area contributed by atoms with Gasteiger partial charge in [-0.1, -0.05) is 21.1 Å². The molecule has 2 rings (SSSR count). The minimum Gasteiger partial charge on any atom is -0.390 e. The Bertz CT molecular complexity index is 499. The van der Waals surface area contributed by atoms with Gasteiger partial charge in [0.05, 0.1) is 23.2 Å². The first-order chi connectivity index (χ1) is 7.94. The molecule has 0 atom stereocenters. The molecule has 0 bridgehead atoms. The minimum atomic E-state index is -0.763. The van der Waals surface area contributed by atoms with Crippen LogP contribution < -0.4 is 0 Å². The Morgan fingerprint density at radius 1 is 1.29 bits per heavy atom. The van der Waals surface area contributed by atoms with Gasteiger partial charge in [-0.3, -0.25) is 0 Å². The fraction of sp³-hybridized carbons (Fsp3) is 0.333. The van der Waals surface area contributed by atoms with Crippen molar-refractivity contribution in [1.82, 2.24) is 15.0 Å². The quantitative estimate of drug-likeness (QED) is 0.946. The maximum atomic E-state index is 9.70. The highest BCUT2D eigenvalue weighted by atomic mass is 79.9. The van der Waals surface area contributed by atoms with Crippen LogP contribution in [0.25, 0.3) is 5.69 Å². The lowest BCUT2D eigenvalue weighted by Crippen LogP contribution is -2.22. The monoisotopic (exact) mass is 295 g/mol. The van der Waals surface area contributed by atoms with Crippen LogP contribution in [0, 0.1) is 0 Å². The molecule has 1 aromatic heterocycles. The first-order valence-corrected chi connectivity index (χ1v) is 6.13. The second kappa shape index (κ2) is 4.58. The number of aromatic nitrogens is 3. The summed E-state index contributed by atoms with van der Waals surface area (Å²) in [6.07, 6.45) is 2.32. The first kappa shape index (κ1) is 12.3. The van der Waals surface area contributed by atoms with Crippen molar-refractivity contribution in [3.63, 3.8) is 0 Å². The van der Waals surface area contributed by atoms with E-state index >= 15 is 0 Å². The molecule has 0 amide bonds. The predicted molar refractivity (Wildman–Crippen MR) is 69.1 cm³/mol. The van der Waals surface area contributed by atoms with Crippen molar-refractivity contribution in [3.05, 3.63) is 40.6 Å². The topological polar surface area (TPSA) is 50.9 Å². The van der Waals surface area contributed by atoms with Gasteiger partial charge in [-0.25, -0.2) is 4.68 Å². The molecule has 1 aromatic carbocycles. The number of aliphatic hydroxyl groups is 1. The van der Waals surface area contributed by atoms with Crippen molar-refractivity contribution in [2.24, 2.45) is 0 Å². The molecule has 2 aromatic rings. The molecular formula is C12H14BrN3O. The van der Waals surface area contributed by atoms with E-state index in [-0.39, 0.29) is 0 Å². The number of halogens is 1. The zero-order chi connectivity index (χ0) is 12.5. The third kappa shape index (κ3) is 3.38. The van der Waals surface area contributed by atoms with Crippen LogP contribution in [0.2, 0.25) is 0 Å². The Labute approximate surface area is 108 Å². The highest BCUT2D eigenvalue weighted by molar-refractivity contribution is 9.10. The zero-order valence-electron chi connectivity index (χ0n) is 9.76. The Balaban J connectivity index is 2.21. The van der Waals surface area contributed by atoms with E-state index in [1.165, 1.54) is 0 Å². The summed E-state index contributed by atoms with van der Waals surface area (Å²) in [7, 11) is 0. The molecule has 0 unspecified atom stereocenters. The van der Waals surface area contributed by atoms with Crippen molar-refractivity contribution >= 4 is 15.9 Å². The van der Waals surface area contributed by atoms with Crippen LogP contribution in [0.4, 0.5) is 0 Å². The molecule has 0 saturated carbocycles. The van der Waals surface area contributed by atoms with Gasteiger partial charge in [0.2, 0.25) is 0 Å². The molecule has 0 aliphatic heterocycles. The van der Waals surface area contributed by atoms with Crippen LogP contribution in [0.1, 0.15) is 19.5 Å². The third-order valence-corrected chi connectivity index (χ3v) is 2.77. The van der Waals surface area contributed by atoms with Crippen LogP contribution in [0.15, 0.2) is 34.9 Å². The maximum absolute atomic E-state index is 9.70. The Morgan fingerprint density at radius 3 is 2.53 bits per heavy atom. The highest BCUT2D eigenvalue weighted by Gasteiger charge is 2.16. The van der Waals surface area contributed by atoms with Gasteiger partial charge in [-0.2, -0.15) is 0 Å². The number of rotatable bonds is 3. The molecule has 0 fully saturated rings. The van der Waals surface area contributed by atoms with Gasteiger partial charge in [-0.05, 0) is 38.1 Å². The van der Waals surface area contributed by atoms with Crippen molar-refractivity contribution in [3.8, 4) is 5.69 Å². The molecule has 0 saturated heterocycles. The van der Waals surface area contributed by atoms with Gasteiger partial charge in [0.25, 0.3) is 0 Å².